The van der Waals surface area contributed by atoms with E-state index in [-0.39, 0.29) is 6.09 Å². The van der Waals surface area contributed by atoms with E-state index >= 15 is 0 Å². The minimum absolute atomic E-state index is 0.309. The number of rotatable bonds is 2. The molecule has 0 aromatic heterocycles. The normalized spacial score (nSPS) is 15.9. The lowest BCUT2D eigenvalue weighted by Crippen LogP contribution is -2.43. The molecule has 0 bridgehead atoms. The van der Waals surface area contributed by atoms with E-state index in [1.807, 2.05) is 30.3 Å². The highest BCUT2D eigenvalue weighted by Gasteiger charge is 2.17. The van der Waals surface area contributed by atoms with Crippen LogP contribution in [0.4, 0.5) is 4.79 Å². The second-order valence-corrected chi connectivity index (χ2v) is 4.36. The van der Waals surface area contributed by atoms with Gasteiger partial charge in [-0.25, -0.2) is 9.80 Å². The van der Waals surface area contributed by atoms with Gasteiger partial charge in [-0.1, -0.05) is 42.3 Å². The number of carbonyl (C=O) groups excluding carboxylic acids is 1. The van der Waals surface area contributed by atoms with Gasteiger partial charge in [-0.2, -0.15) is 4.83 Å². The Morgan fingerprint density at radius 3 is 2.94 bits per heavy atom. The van der Waals surface area contributed by atoms with Crippen molar-refractivity contribution in [2.75, 3.05) is 12.3 Å². The van der Waals surface area contributed by atoms with Crippen LogP contribution in [0.15, 0.2) is 30.3 Å². The average molecular weight is 238 g/mol. The Kier molecular flexibility index (Phi) is 4.07. The van der Waals surface area contributed by atoms with E-state index in [9.17, 15) is 4.79 Å². The van der Waals surface area contributed by atoms with Gasteiger partial charge in [0.2, 0.25) is 0 Å². The van der Waals surface area contributed by atoms with Crippen molar-refractivity contribution in [3.05, 3.63) is 35.9 Å². The summed E-state index contributed by atoms with van der Waals surface area (Å²) in [5.41, 5.74) is 1.00. The zero-order valence-corrected chi connectivity index (χ0v) is 9.70. The molecule has 2 rings (SSSR count). The molecule has 1 aromatic rings. The number of benzene rings is 1. The number of hydrazine groups is 1. The third-order valence-electron chi connectivity index (χ3n) is 2.23. The maximum Gasteiger partial charge on any atom is 0.425 e. The molecule has 0 atom stereocenters. The molecule has 0 unspecified atom stereocenters. The minimum Gasteiger partial charge on any atom is -0.444 e. The summed E-state index contributed by atoms with van der Waals surface area (Å²) in [6.07, 6.45) is 0.689. The van der Waals surface area contributed by atoms with Gasteiger partial charge in [-0.15, -0.1) is 0 Å². The summed E-state index contributed by atoms with van der Waals surface area (Å²) in [6, 6.07) is 9.67. The molecule has 0 radical (unpaired) electrons. The van der Waals surface area contributed by atoms with Crippen LogP contribution < -0.4 is 4.83 Å². The lowest BCUT2D eigenvalue weighted by atomic mass is 10.2. The Morgan fingerprint density at radius 2 is 2.25 bits per heavy atom. The number of nitrogens with zero attached hydrogens (tertiary/aromatic N) is 1. The van der Waals surface area contributed by atoms with Gasteiger partial charge in [-0.3, -0.25) is 0 Å². The Morgan fingerprint density at radius 1 is 1.44 bits per heavy atom. The smallest absolute Gasteiger partial charge is 0.425 e. The van der Waals surface area contributed by atoms with Crippen LogP contribution in [-0.4, -0.2) is 23.4 Å². The van der Waals surface area contributed by atoms with Crippen LogP contribution in [0.5, 0.6) is 0 Å². The highest BCUT2D eigenvalue weighted by Crippen LogP contribution is 2.09. The van der Waals surface area contributed by atoms with Gasteiger partial charge < -0.3 is 4.74 Å². The molecule has 0 spiro atoms. The molecule has 1 heterocycles. The number of hydrogen-bond acceptors (Lipinski definition) is 4. The lowest BCUT2D eigenvalue weighted by Gasteiger charge is -2.25. The molecule has 1 aliphatic heterocycles. The maximum atomic E-state index is 11.6. The van der Waals surface area contributed by atoms with Crippen LogP contribution in [0.1, 0.15) is 12.0 Å². The predicted molar refractivity (Wildman–Crippen MR) is 63.5 cm³/mol. The van der Waals surface area contributed by atoms with Crippen LogP contribution >= 0.6 is 11.9 Å². The average Bonchev–Trinajstić information content (AvgIpc) is 2.38. The Hall–Kier alpha value is -1.20. The SMILES string of the molecule is O=C(OCc1ccccc1)N1CCCSN1. The summed E-state index contributed by atoms with van der Waals surface area (Å²) in [4.78, 5) is 14.5. The summed E-state index contributed by atoms with van der Waals surface area (Å²) < 4.78 is 5.18. The summed E-state index contributed by atoms with van der Waals surface area (Å²) in [5.74, 6) is 1.03. The Balaban J connectivity index is 1.79. The van der Waals surface area contributed by atoms with Crippen LogP contribution in [0.25, 0.3) is 0 Å². The first-order valence-electron chi connectivity index (χ1n) is 5.22. The molecule has 1 N–H and O–H groups in total. The molecule has 1 fully saturated rings. The number of hydrogen-bond donors (Lipinski definition) is 1. The van der Waals surface area contributed by atoms with E-state index in [2.05, 4.69) is 4.83 Å². The molecule has 1 amide bonds. The molecule has 0 saturated carbocycles. The van der Waals surface area contributed by atoms with Crippen molar-refractivity contribution >= 4 is 18.0 Å². The van der Waals surface area contributed by atoms with E-state index in [1.165, 1.54) is 17.0 Å². The number of nitrogens with one attached hydrogen (secondary N) is 1. The quantitative estimate of drug-likeness (QED) is 0.802. The van der Waals surface area contributed by atoms with Crippen molar-refractivity contribution in [3.8, 4) is 0 Å². The zero-order chi connectivity index (χ0) is 11.2. The van der Waals surface area contributed by atoms with Gasteiger partial charge in [0.15, 0.2) is 0 Å². The third kappa shape index (κ3) is 3.15. The van der Waals surface area contributed by atoms with Gasteiger partial charge in [-0.05, 0) is 12.0 Å². The fourth-order valence-corrected chi connectivity index (χ4v) is 2.08. The summed E-state index contributed by atoms with van der Waals surface area (Å²) in [5, 5.41) is 1.51. The Bertz CT molecular complexity index is 339. The van der Waals surface area contributed by atoms with Gasteiger partial charge in [0.25, 0.3) is 0 Å². The van der Waals surface area contributed by atoms with Crippen molar-refractivity contribution in [1.82, 2.24) is 9.84 Å². The van der Waals surface area contributed by atoms with E-state index < -0.39 is 0 Å². The van der Waals surface area contributed by atoms with Crippen LogP contribution in [0.3, 0.4) is 0 Å². The molecular formula is C11H14N2O2S. The summed E-state index contributed by atoms with van der Waals surface area (Å²) in [7, 11) is 0. The van der Waals surface area contributed by atoms with Crippen LogP contribution in [0, 0.1) is 0 Å². The molecule has 5 heteroatoms. The molecule has 16 heavy (non-hydrogen) atoms. The van der Waals surface area contributed by atoms with Crippen molar-refractivity contribution < 1.29 is 9.53 Å². The highest BCUT2D eigenvalue weighted by atomic mass is 32.2. The largest absolute Gasteiger partial charge is 0.444 e. The fraction of sp³-hybridized carbons (Fsp3) is 0.364. The van der Waals surface area contributed by atoms with E-state index in [0.29, 0.717) is 13.2 Å². The van der Waals surface area contributed by atoms with Crippen LogP contribution in [-0.2, 0) is 11.3 Å². The Labute approximate surface area is 99.1 Å². The van der Waals surface area contributed by atoms with Crippen molar-refractivity contribution in [2.24, 2.45) is 0 Å². The van der Waals surface area contributed by atoms with E-state index in [4.69, 9.17) is 4.74 Å². The first-order valence-corrected chi connectivity index (χ1v) is 6.20. The first-order chi connectivity index (χ1) is 7.86. The number of ether oxygens (including phenoxy) is 1. The molecule has 1 aliphatic rings. The maximum absolute atomic E-state index is 11.6. The zero-order valence-electron chi connectivity index (χ0n) is 8.89. The number of carbonyl (C=O) groups is 1. The monoisotopic (exact) mass is 238 g/mol. The first kappa shape index (κ1) is 11.3. The second kappa shape index (κ2) is 5.77. The third-order valence-corrected chi connectivity index (χ3v) is 3.07. The van der Waals surface area contributed by atoms with Crippen molar-refractivity contribution in [3.63, 3.8) is 0 Å². The molecular weight excluding hydrogens is 224 g/mol. The van der Waals surface area contributed by atoms with Gasteiger partial charge in [0, 0.05) is 12.3 Å². The second-order valence-electron chi connectivity index (χ2n) is 3.49. The topological polar surface area (TPSA) is 41.6 Å². The van der Waals surface area contributed by atoms with Crippen LogP contribution in [0.2, 0.25) is 0 Å². The summed E-state index contributed by atoms with van der Waals surface area (Å²) >= 11 is 1.53. The molecule has 86 valence electrons. The molecule has 1 aromatic carbocycles. The predicted octanol–water partition coefficient (Wildman–Crippen LogP) is 2.18. The fourth-order valence-electron chi connectivity index (χ4n) is 1.39. The number of amides is 1. The lowest BCUT2D eigenvalue weighted by molar-refractivity contribution is 0.0887. The van der Waals surface area contributed by atoms with Gasteiger partial charge in [0.05, 0.1) is 0 Å². The van der Waals surface area contributed by atoms with E-state index in [1.54, 1.807) is 0 Å². The molecule has 0 aliphatic carbocycles. The highest BCUT2D eigenvalue weighted by molar-refractivity contribution is 7.97. The van der Waals surface area contributed by atoms with E-state index in [0.717, 1.165) is 17.7 Å². The van der Waals surface area contributed by atoms with Crippen molar-refractivity contribution in [1.29, 1.82) is 0 Å². The molecule has 4 nitrogen and oxygen atoms in total. The van der Waals surface area contributed by atoms with Crippen molar-refractivity contribution in [2.45, 2.75) is 13.0 Å². The molecule has 1 saturated heterocycles. The van der Waals surface area contributed by atoms with Gasteiger partial charge in [0.1, 0.15) is 6.61 Å². The standard InChI is InChI=1S/C11H14N2O2S/c14-11(13-7-4-8-16-12-13)15-9-10-5-2-1-3-6-10/h1-3,5-6,12H,4,7-9H2. The minimum atomic E-state index is -0.309. The summed E-state index contributed by atoms with van der Waals surface area (Å²) in [6.45, 7) is 1.03. The van der Waals surface area contributed by atoms with Gasteiger partial charge >= 0.3 is 6.09 Å².